The van der Waals surface area contributed by atoms with Crippen molar-refractivity contribution in [3.8, 4) is 0 Å². The van der Waals surface area contributed by atoms with E-state index in [1.165, 1.54) is 0 Å². The molecule has 0 radical (unpaired) electrons. The standard InChI is InChI=1S/C19H26N4O/c1-6-23(13-15-10-8-7-9-11-15)18(24)16-12-17(21-14(2)20-16)22-19(3,4)5/h7-12H,6,13H2,1-5H3,(H,20,21,22). The minimum absolute atomic E-state index is 0.0798. The number of hydrogen-bond donors (Lipinski definition) is 1. The van der Waals surface area contributed by atoms with Crippen LogP contribution < -0.4 is 5.32 Å². The van der Waals surface area contributed by atoms with Gasteiger partial charge in [-0.15, -0.1) is 0 Å². The smallest absolute Gasteiger partial charge is 0.272 e. The highest BCUT2D eigenvalue weighted by atomic mass is 16.2. The predicted octanol–water partition coefficient (Wildman–Crippen LogP) is 3.66. The molecule has 128 valence electrons. The van der Waals surface area contributed by atoms with Crippen LogP contribution in [0.4, 0.5) is 5.82 Å². The maximum Gasteiger partial charge on any atom is 0.272 e. The Morgan fingerprint density at radius 3 is 2.42 bits per heavy atom. The molecular formula is C19H26N4O. The van der Waals surface area contributed by atoms with Crippen LogP contribution in [0.25, 0.3) is 0 Å². The van der Waals surface area contributed by atoms with Crippen LogP contribution in [0, 0.1) is 6.92 Å². The average molecular weight is 326 g/mol. The van der Waals surface area contributed by atoms with Gasteiger partial charge in [-0.3, -0.25) is 4.79 Å². The number of aryl methyl sites for hydroxylation is 1. The Hall–Kier alpha value is -2.43. The number of hydrogen-bond acceptors (Lipinski definition) is 4. The summed E-state index contributed by atoms with van der Waals surface area (Å²) in [5.41, 5.74) is 1.40. The van der Waals surface area contributed by atoms with Gasteiger partial charge in [-0.1, -0.05) is 30.3 Å². The van der Waals surface area contributed by atoms with Crippen LogP contribution in [0.3, 0.4) is 0 Å². The van der Waals surface area contributed by atoms with Gasteiger partial charge in [0.25, 0.3) is 5.91 Å². The Morgan fingerprint density at radius 1 is 1.17 bits per heavy atom. The molecule has 1 aromatic carbocycles. The fourth-order valence-corrected chi connectivity index (χ4v) is 2.42. The summed E-state index contributed by atoms with van der Waals surface area (Å²) in [6.07, 6.45) is 0. The van der Waals surface area contributed by atoms with Gasteiger partial charge in [0.2, 0.25) is 0 Å². The number of aromatic nitrogens is 2. The van der Waals surface area contributed by atoms with Gasteiger partial charge in [-0.05, 0) is 40.2 Å². The molecule has 0 saturated heterocycles. The molecule has 24 heavy (non-hydrogen) atoms. The minimum Gasteiger partial charge on any atom is -0.365 e. The third-order valence-electron chi connectivity index (χ3n) is 3.45. The summed E-state index contributed by atoms with van der Waals surface area (Å²) in [5, 5.41) is 3.30. The number of rotatable bonds is 5. The summed E-state index contributed by atoms with van der Waals surface area (Å²) in [4.78, 5) is 23.4. The highest BCUT2D eigenvalue weighted by molar-refractivity contribution is 5.93. The number of anilines is 1. The molecular weight excluding hydrogens is 300 g/mol. The molecule has 0 atom stereocenters. The number of benzene rings is 1. The second kappa shape index (κ2) is 7.43. The lowest BCUT2D eigenvalue weighted by atomic mass is 10.1. The second-order valence-corrected chi connectivity index (χ2v) is 6.87. The highest BCUT2D eigenvalue weighted by Crippen LogP contribution is 2.15. The van der Waals surface area contributed by atoms with E-state index in [0.717, 1.165) is 5.56 Å². The van der Waals surface area contributed by atoms with E-state index in [4.69, 9.17) is 0 Å². The summed E-state index contributed by atoms with van der Waals surface area (Å²) in [6.45, 7) is 11.1. The first kappa shape index (κ1) is 17.9. The molecule has 0 aliphatic carbocycles. The normalized spacial score (nSPS) is 11.2. The van der Waals surface area contributed by atoms with E-state index < -0.39 is 0 Å². The van der Waals surface area contributed by atoms with E-state index in [-0.39, 0.29) is 11.4 Å². The van der Waals surface area contributed by atoms with E-state index in [9.17, 15) is 4.79 Å². The van der Waals surface area contributed by atoms with Crippen molar-refractivity contribution in [2.24, 2.45) is 0 Å². The molecule has 0 aliphatic heterocycles. The van der Waals surface area contributed by atoms with E-state index in [1.807, 2.05) is 37.3 Å². The minimum atomic E-state index is -0.129. The Kier molecular flexibility index (Phi) is 5.54. The first-order valence-corrected chi connectivity index (χ1v) is 8.25. The van der Waals surface area contributed by atoms with Crippen molar-refractivity contribution >= 4 is 11.7 Å². The van der Waals surface area contributed by atoms with Crippen molar-refractivity contribution in [3.05, 3.63) is 53.5 Å². The number of amides is 1. The van der Waals surface area contributed by atoms with Gasteiger partial charge in [-0.25, -0.2) is 9.97 Å². The van der Waals surface area contributed by atoms with Crippen LogP contribution in [0.5, 0.6) is 0 Å². The van der Waals surface area contributed by atoms with Crippen molar-refractivity contribution in [3.63, 3.8) is 0 Å². The first-order chi connectivity index (χ1) is 11.3. The Labute approximate surface area is 144 Å². The molecule has 0 aliphatic rings. The SMILES string of the molecule is CCN(Cc1ccccc1)C(=O)c1cc(NC(C)(C)C)nc(C)n1. The van der Waals surface area contributed by atoms with Gasteiger partial charge < -0.3 is 10.2 Å². The predicted molar refractivity (Wildman–Crippen MR) is 97.0 cm³/mol. The van der Waals surface area contributed by atoms with Crippen LogP contribution in [-0.2, 0) is 6.54 Å². The largest absolute Gasteiger partial charge is 0.365 e. The fraction of sp³-hybridized carbons (Fsp3) is 0.421. The van der Waals surface area contributed by atoms with Gasteiger partial charge in [0.1, 0.15) is 17.3 Å². The first-order valence-electron chi connectivity index (χ1n) is 8.25. The summed E-state index contributed by atoms with van der Waals surface area (Å²) >= 11 is 0. The number of carbonyl (C=O) groups is 1. The molecule has 1 aromatic heterocycles. The van der Waals surface area contributed by atoms with Crippen LogP contribution in [0.1, 0.15) is 49.6 Å². The fourth-order valence-electron chi connectivity index (χ4n) is 2.42. The number of carbonyl (C=O) groups excluding carboxylic acids is 1. The maximum absolute atomic E-state index is 12.9. The second-order valence-electron chi connectivity index (χ2n) is 6.87. The van der Waals surface area contributed by atoms with Crippen molar-refractivity contribution in [2.45, 2.75) is 46.7 Å². The van der Waals surface area contributed by atoms with Crippen LogP contribution in [0.2, 0.25) is 0 Å². The van der Waals surface area contributed by atoms with Crippen LogP contribution in [-0.4, -0.2) is 32.9 Å². The Bertz CT molecular complexity index is 692. The van der Waals surface area contributed by atoms with Gasteiger partial charge in [0, 0.05) is 24.7 Å². The average Bonchev–Trinajstić information content (AvgIpc) is 2.50. The Balaban J connectivity index is 2.23. The van der Waals surface area contributed by atoms with E-state index >= 15 is 0 Å². The monoisotopic (exact) mass is 326 g/mol. The van der Waals surface area contributed by atoms with Gasteiger partial charge in [0.05, 0.1) is 0 Å². The topological polar surface area (TPSA) is 58.1 Å². The lowest BCUT2D eigenvalue weighted by molar-refractivity contribution is 0.0746. The molecule has 1 N–H and O–H groups in total. The van der Waals surface area contributed by atoms with Gasteiger partial charge in [0.15, 0.2) is 0 Å². The zero-order valence-corrected chi connectivity index (χ0v) is 15.1. The molecule has 2 rings (SSSR count). The summed E-state index contributed by atoms with van der Waals surface area (Å²) in [5.74, 6) is 1.18. The quantitative estimate of drug-likeness (QED) is 0.911. The molecule has 1 amide bonds. The summed E-state index contributed by atoms with van der Waals surface area (Å²) in [6, 6.07) is 11.7. The number of nitrogens with zero attached hydrogens (tertiary/aromatic N) is 3. The third-order valence-corrected chi connectivity index (χ3v) is 3.45. The third kappa shape index (κ3) is 5.05. The van der Waals surface area contributed by atoms with Gasteiger partial charge >= 0.3 is 0 Å². The molecule has 5 heteroatoms. The zero-order valence-electron chi connectivity index (χ0n) is 15.1. The van der Waals surface area contributed by atoms with Crippen molar-refractivity contribution in [2.75, 3.05) is 11.9 Å². The molecule has 5 nitrogen and oxygen atoms in total. The molecule has 0 spiro atoms. The van der Waals surface area contributed by atoms with E-state index in [1.54, 1.807) is 17.9 Å². The Morgan fingerprint density at radius 2 is 1.83 bits per heavy atom. The van der Waals surface area contributed by atoms with Crippen LogP contribution >= 0.6 is 0 Å². The molecule has 0 unspecified atom stereocenters. The van der Waals surface area contributed by atoms with Gasteiger partial charge in [-0.2, -0.15) is 0 Å². The number of nitrogens with one attached hydrogen (secondary N) is 1. The van der Waals surface area contributed by atoms with Crippen molar-refractivity contribution in [1.29, 1.82) is 0 Å². The zero-order chi connectivity index (χ0) is 17.7. The maximum atomic E-state index is 12.9. The lowest BCUT2D eigenvalue weighted by Gasteiger charge is -2.23. The molecule has 0 fully saturated rings. The highest BCUT2D eigenvalue weighted by Gasteiger charge is 2.19. The molecule has 0 bridgehead atoms. The van der Waals surface area contributed by atoms with Crippen molar-refractivity contribution in [1.82, 2.24) is 14.9 Å². The van der Waals surface area contributed by atoms with E-state index in [2.05, 4.69) is 36.1 Å². The summed E-state index contributed by atoms with van der Waals surface area (Å²) in [7, 11) is 0. The van der Waals surface area contributed by atoms with Crippen LogP contribution in [0.15, 0.2) is 36.4 Å². The van der Waals surface area contributed by atoms with E-state index in [0.29, 0.717) is 30.4 Å². The van der Waals surface area contributed by atoms with Crippen molar-refractivity contribution < 1.29 is 4.79 Å². The lowest BCUT2D eigenvalue weighted by Crippen LogP contribution is -2.32. The molecule has 0 saturated carbocycles. The molecule has 1 heterocycles. The summed E-state index contributed by atoms with van der Waals surface area (Å²) < 4.78 is 0. The molecule has 2 aromatic rings.